The van der Waals surface area contributed by atoms with Crippen LogP contribution in [0.25, 0.3) is 10.9 Å². The lowest BCUT2D eigenvalue weighted by Crippen LogP contribution is -2.08. The summed E-state index contributed by atoms with van der Waals surface area (Å²) in [7, 11) is 2.03. The highest BCUT2D eigenvalue weighted by Gasteiger charge is 2.17. The van der Waals surface area contributed by atoms with Gasteiger partial charge in [-0.2, -0.15) is 0 Å². The molecular weight excluding hydrogens is 246 g/mol. The highest BCUT2D eigenvalue weighted by atomic mass is 15.0. The van der Waals surface area contributed by atoms with E-state index >= 15 is 0 Å². The fourth-order valence-corrected chi connectivity index (χ4v) is 3.51. The maximum absolute atomic E-state index is 3.46. The molecule has 2 aromatic rings. The minimum Gasteiger partial charge on any atom is -0.345 e. The third-order valence-electron chi connectivity index (χ3n) is 4.58. The van der Waals surface area contributed by atoms with Crippen LogP contribution in [-0.2, 0) is 26.1 Å². The first-order valence-electron chi connectivity index (χ1n) is 7.75. The number of aromatic nitrogens is 1. The lowest BCUT2D eigenvalue weighted by molar-refractivity contribution is 0.713. The van der Waals surface area contributed by atoms with E-state index in [1.54, 1.807) is 5.56 Å². The molecule has 0 bridgehead atoms. The van der Waals surface area contributed by atoms with Crippen LogP contribution < -0.4 is 10.6 Å². The maximum Gasteiger partial charge on any atom is 0.0488 e. The van der Waals surface area contributed by atoms with Gasteiger partial charge in [0.15, 0.2) is 0 Å². The molecule has 0 amide bonds. The molecule has 3 nitrogen and oxygen atoms in total. The molecule has 20 heavy (non-hydrogen) atoms. The van der Waals surface area contributed by atoms with Crippen molar-refractivity contribution >= 4 is 10.9 Å². The topological polar surface area (TPSA) is 29.0 Å². The van der Waals surface area contributed by atoms with E-state index in [1.165, 1.54) is 40.6 Å². The Labute approximate surface area is 121 Å². The van der Waals surface area contributed by atoms with Crippen molar-refractivity contribution in [1.29, 1.82) is 0 Å². The number of nitrogens with one attached hydrogen (secondary N) is 2. The van der Waals surface area contributed by atoms with E-state index in [-0.39, 0.29) is 0 Å². The highest BCUT2D eigenvalue weighted by Crippen LogP contribution is 2.31. The Bertz CT molecular complexity index is 625. The molecule has 3 rings (SSSR count). The summed E-state index contributed by atoms with van der Waals surface area (Å²) in [6, 6.07) is 4.83. The summed E-state index contributed by atoms with van der Waals surface area (Å²) in [5.41, 5.74) is 7.39. The monoisotopic (exact) mass is 271 g/mol. The fraction of sp³-hybridized carbons (Fsp3) is 0.529. The number of hydrogen-bond donors (Lipinski definition) is 2. The van der Waals surface area contributed by atoms with Crippen LogP contribution in [0.5, 0.6) is 0 Å². The smallest absolute Gasteiger partial charge is 0.0488 e. The van der Waals surface area contributed by atoms with Crippen LogP contribution in [0.15, 0.2) is 12.1 Å². The van der Waals surface area contributed by atoms with E-state index in [0.29, 0.717) is 0 Å². The van der Waals surface area contributed by atoms with Crippen LogP contribution in [-0.4, -0.2) is 18.2 Å². The van der Waals surface area contributed by atoms with Gasteiger partial charge in [0.2, 0.25) is 0 Å². The molecule has 3 heteroatoms. The quantitative estimate of drug-likeness (QED) is 0.819. The van der Waals surface area contributed by atoms with Gasteiger partial charge in [0.25, 0.3) is 0 Å². The van der Waals surface area contributed by atoms with Crippen LogP contribution >= 0.6 is 0 Å². The highest BCUT2D eigenvalue weighted by molar-refractivity contribution is 5.87. The number of hydrogen-bond acceptors (Lipinski definition) is 2. The Morgan fingerprint density at radius 1 is 1.25 bits per heavy atom. The van der Waals surface area contributed by atoms with Gasteiger partial charge in [-0.15, -0.1) is 0 Å². The van der Waals surface area contributed by atoms with Crippen LogP contribution in [0.3, 0.4) is 0 Å². The summed E-state index contributed by atoms with van der Waals surface area (Å²) in [5.74, 6) is 0. The van der Waals surface area contributed by atoms with E-state index in [2.05, 4.69) is 41.2 Å². The predicted octanol–water partition coefficient (Wildman–Crippen LogP) is 2.72. The van der Waals surface area contributed by atoms with Gasteiger partial charge in [-0.3, -0.25) is 0 Å². The minimum absolute atomic E-state index is 1.02. The molecule has 1 aromatic heterocycles. The van der Waals surface area contributed by atoms with Crippen molar-refractivity contribution in [3.63, 3.8) is 0 Å². The van der Waals surface area contributed by atoms with Gasteiger partial charge in [0, 0.05) is 36.2 Å². The van der Waals surface area contributed by atoms with Gasteiger partial charge in [-0.25, -0.2) is 0 Å². The Hall–Kier alpha value is -1.32. The van der Waals surface area contributed by atoms with Gasteiger partial charge in [0.05, 0.1) is 0 Å². The maximum atomic E-state index is 3.46. The lowest BCUT2D eigenvalue weighted by Gasteiger charge is -2.05. The lowest BCUT2D eigenvalue weighted by atomic mass is 10.0. The second kappa shape index (κ2) is 5.58. The van der Waals surface area contributed by atoms with Crippen LogP contribution in [0.1, 0.15) is 35.7 Å². The first-order valence-corrected chi connectivity index (χ1v) is 7.75. The zero-order valence-electron chi connectivity index (χ0n) is 12.8. The van der Waals surface area contributed by atoms with Gasteiger partial charge >= 0.3 is 0 Å². The molecule has 0 fully saturated rings. The molecule has 0 aliphatic carbocycles. The first kappa shape index (κ1) is 13.7. The molecule has 2 N–H and O–H groups in total. The molecule has 0 radical (unpaired) electrons. The summed E-state index contributed by atoms with van der Waals surface area (Å²) in [6.07, 6.45) is 2.37. The van der Waals surface area contributed by atoms with Crippen LogP contribution in [0.2, 0.25) is 0 Å². The van der Waals surface area contributed by atoms with Crippen LogP contribution in [0, 0.1) is 6.92 Å². The first-order chi connectivity index (χ1) is 9.76. The summed E-state index contributed by atoms with van der Waals surface area (Å²) < 4.78 is 2.47. The van der Waals surface area contributed by atoms with E-state index in [0.717, 1.165) is 26.2 Å². The molecule has 0 unspecified atom stereocenters. The second-order valence-electron chi connectivity index (χ2n) is 5.76. The number of rotatable bonds is 5. The van der Waals surface area contributed by atoms with Crippen molar-refractivity contribution in [2.75, 3.05) is 13.6 Å². The fourth-order valence-electron chi connectivity index (χ4n) is 3.51. The SMILES string of the molecule is CCn1c(C)c(CCCNC)c2cc3c(cc21)CNC3. The molecule has 1 aliphatic rings. The average Bonchev–Trinajstić information content (AvgIpc) is 2.99. The van der Waals surface area contributed by atoms with Gasteiger partial charge in [-0.1, -0.05) is 0 Å². The Kier molecular flexibility index (Phi) is 3.81. The molecule has 2 heterocycles. The molecular formula is C17H25N3. The Balaban J connectivity index is 2.10. The van der Waals surface area contributed by atoms with Crippen molar-refractivity contribution < 1.29 is 0 Å². The Morgan fingerprint density at radius 2 is 2.00 bits per heavy atom. The van der Waals surface area contributed by atoms with Crippen molar-refractivity contribution in [3.05, 3.63) is 34.5 Å². The summed E-state index contributed by atoms with van der Waals surface area (Å²) in [4.78, 5) is 0. The number of fused-ring (bicyclic) bond motifs is 2. The zero-order chi connectivity index (χ0) is 14.1. The van der Waals surface area contributed by atoms with Crippen molar-refractivity contribution in [2.45, 2.75) is 46.3 Å². The third kappa shape index (κ3) is 2.15. The standard InChI is InChI=1S/C17H25N3/c1-4-20-12(2)15(6-5-7-18-3)16-8-13-10-19-11-14(13)9-17(16)20/h8-9,18-19H,4-7,10-11H2,1-3H3. The van der Waals surface area contributed by atoms with Gasteiger partial charge in [-0.05, 0) is 69.1 Å². The third-order valence-corrected chi connectivity index (χ3v) is 4.58. The van der Waals surface area contributed by atoms with E-state index in [1.807, 2.05) is 7.05 Å². The largest absolute Gasteiger partial charge is 0.345 e. The number of nitrogens with zero attached hydrogens (tertiary/aromatic N) is 1. The predicted molar refractivity (Wildman–Crippen MR) is 85.1 cm³/mol. The zero-order valence-corrected chi connectivity index (χ0v) is 12.8. The molecule has 0 saturated carbocycles. The molecule has 1 aromatic carbocycles. The van der Waals surface area contributed by atoms with Crippen molar-refractivity contribution in [3.8, 4) is 0 Å². The number of aryl methyl sites for hydroxylation is 2. The summed E-state index contributed by atoms with van der Waals surface area (Å²) >= 11 is 0. The van der Waals surface area contributed by atoms with E-state index in [4.69, 9.17) is 0 Å². The van der Waals surface area contributed by atoms with E-state index in [9.17, 15) is 0 Å². The molecule has 108 valence electrons. The number of benzene rings is 1. The normalized spacial score (nSPS) is 14.2. The minimum atomic E-state index is 1.02. The summed E-state index contributed by atoms with van der Waals surface area (Å²) in [6.45, 7) is 8.72. The summed E-state index contributed by atoms with van der Waals surface area (Å²) in [5, 5.41) is 8.18. The molecule has 1 aliphatic heterocycles. The van der Waals surface area contributed by atoms with Crippen molar-refractivity contribution in [2.24, 2.45) is 0 Å². The second-order valence-corrected chi connectivity index (χ2v) is 5.76. The van der Waals surface area contributed by atoms with E-state index < -0.39 is 0 Å². The molecule has 0 atom stereocenters. The molecule has 0 saturated heterocycles. The molecule has 0 spiro atoms. The van der Waals surface area contributed by atoms with Gasteiger partial charge in [0.1, 0.15) is 0 Å². The van der Waals surface area contributed by atoms with Gasteiger partial charge < -0.3 is 15.2 Å². The van der Waals surface area contributed by atoms with Crippen LogP contribution in [0.4, 0.5) is 0 Å². The van der Waals surface area contributed by atoms with Crippen molar-refractivity contribution in [1.82, 2.24) is 15.2 Å². The average molecular weight is 271 g/mol. The Morgan fingerprint density at radius 3 is 2.70 bits per heavy atom.